The van der Waals surface area contributed by atoms with Gasteiger partial charge in [0.1, 0.15) is 5.75 Å². The van der Waals surface area contributed by atoms with Crippen LogP contribution in [0.3, 0.4) is 0 Å². The maximum atomic E-state index is 5.29. The highest BCUT2D eigenvalue weighted by Crippen LogP contribution is 2.17. The van der Waals surface area contributed by atoms with Gasteiger partial charge in [-0.2, -0.15) is 0 Å². The Labute approximate surface area is 122 Å². The van der Waals surface area contributed by atoms with E-state index in [2.05, 4.69) is 22.2 Å². The summed E-state index contributed by atoms with van der Waals surface area (Å²) in [7, 11) is 3.89. The van der Waals surface area contributed by atoms with Crippen molar-refractivity contribution in [3.8, 4) is 5.75 Å². The number of ether oxygens (including phenoxy) is 1. The highest BCUT2D eigenvalue weighted by Gasteiger charge is 2.18. The van der Waals surface area contributed by atoms with Crippen molar-refractivity contribution in [3.63, 3.8) is 0 Å². The minimum Gasteiger partial charge on any atom is -0.497 e. The minimum atomic E-state index is 0. The van der Waals surface area contributed by atoms with Gasteiger partial charge in [0.2, 0.25) is 0 Å². The average molecular weight is 286 g/mol. The van der Waals surface area contributed by atoms with Crippen molar-refractivity contribution >= 4 is 12.4 Å². The first-order valence-corrected chi connectivity index (χ1v) is 6.61. The number of hydrogen-bond acceptors (Lipinski definition) is 4. The molecule has 1 aromatic rings. The monoisotopic (exact) mass is 285 g/mol. The van der Waals surface area contributed by atoms with Gasteiger partial charge in [-0.3, -0.25) is 9.88 Å². The van der Waals surface area contributed by atoms with E-state index in [1.54, 1.807) is 7.11 Å². The molecule has 0 saturated carbocycles. The van der Waals surface area contributed by atoms with Crippen molar-refractivity contribution in [2.24, 2.45) is 0 Å². The van der Waals surface area contributed by atoms with E-state index in [4.69, 9.17) is 4.74 Å². The zero-order valence-electron chi connectivity index (χ0n) is 12.0. The number of hydrogen-bond donors (Lipinski definition) is 1. The van der Waals surface area contributed by atoms with Gasteiger partial charge in [0, 0.05) is 30.4 Å². The molecule has 5 heteroatoms. The van der Waals surface area contributed by atoms with Crippen LogP contribution in [0.5, 0.6) is 5.75 Å². The molecule has 0 unspecified atom stereocenters. The molecule has 2 rings (SSSR count). The quantitative estimate of drug-likeness (QED) is 0.918. The zero-order valence-corrected chi connectivity index (χ0v) is 12.8. The summed E-state index contributed by atoms with van der Waals surface area (Å²) >= 11 is 0. The summed E-state index contributed by atoms with van der Waals surface area (Å²) in [5.41, 5.74) is 2.11. The smallest absolute Gasteiger partial charge is 0.122 e. The van der Waals surface area contributed by atoms with Gasteiger partial charge < -0.3 is 10.1 Å². The minimum absolute atomic E-state index is 0. The molecule has 0 radical (unpaired) electrons. The summed E-state index contributed by atoms with van der Waals surface area (Å²) in [6.07, 6.45) is 2.44. The zero-order chi connectivity index (χ0) is 13.0. The molecule has 108 valence electrons. The second kappa shape index (κ2) is 7.68. The number of nitrogens with one attached hydrogen (secondary N) is 1. The lowest BCUT2D eigenvalue weighted by atomic mass is 10.1. The van der Waals surface area contributed by atoms with Crippen molar-refractivity contribution in [2.75, 3.05) is 27.2 Å². The van der Waals surface area contributed by atoms with E-state index in [9.17, 15) is 0 Å². The second-order valence-electron chi connectivity index (χ2n) is 5.04. The topological polar surface area (TPSA) is 37.4 Å². The third-order valence-electron chi connectivity index (χ3n) is 3.56. The Morgan fingerprint density at radius 1 is 1.37 bits per heavy atom. The van der Waals surface area contributed by atoms with Crippen LogP contribution in [0.1, 0.15) is 24.2 Å². The molecule has 4 nitrogen and oxygen atoms in total. The molecule has 0 amide bonds. The Morgan fingerprint density at radius 3 is 2.68 bits per heavy atom. The number of halogens is 1. The first-order valence-electron chi connectivity index (χ1n) is 6.61. The lowest BCUT2D eigenvalue weighted by Gasteiger charge is -2.31. The Morgan fingerprint density at radius 2 is 2.05 bits per heavy atom. The third kappa shape index (κ3) is 4.64. The molecule has 19 heavy (non-hydrogen) atoms. The molecule has 2 heterocycles. The summed E-state index contributed by atoms with van der Waals surface area (Å²) in [5, 5.41) is 3.40. The van der Waals surface area contributed by atoms with Crippen LogP contribution in [0.4, 0.5) is 0 Å². The van der Waals surface area contributed by atoms with Crippen LogP contribution < -0.4 is 10.1 Å². The van der Waals surface area contributed by atoms with Crippen LogP contribution in [-0.4, -0.2) is 43.2 Å². The average Bonchev–Trinajstić information content (AvgIpc) is 2.39. The molecular formula is C14H24ClN3O. The summed E-state index contributed by atoms with van der Waals surface area (Å²) < 4.78 is 5.29. The van der Waals surface area contributed by atoms with E-state index in [0.29, 0.717) is 6.04 Å². The van der Waals surface area contributed by atoms with Gasteiger partial charge in [0.15, 0.2) is 0 Å². The maximum absolute atomic E-state index is 5.29. The number of pyridine rings is 1. The van der Waals surface area contributed by atoms with Gasteiger partial charge in [0.25, 0.3) is 0 Å². The van der Waals surface area contributed by atoms with E-state index in [0.717, 1.165) is 36.8 Å². The fourth-order valence-electron chi connectivity index (χ4n) is 2.53. The molecule has 0 spiro atoms. The summed E-state index contributed by atoms with van der Waals surface area (Å²) in [6, 6.07) is 4.66. The van der Waals surface area contributed by atoms with Gasteiger partial charge >= 0.3 is 0 Å². The summed E-state index contributed by atoms with van der Waals surface area (Å²) in [6.45, 7) is 5.15. The number of methoxy groups -OCH3 is 1. The summed E-state index contributed by atoms with van der Waals surface area (Å²) in [5.74, 6) is 0.899. The first-order chi connectivity index (χ1) is 8.69. The number of nitrogens with zero attached hydrogens (tertiary/aromatic N) is 2. The standard InChI is InChI=1S/C14H23N3O.ClH/c1-11-8-14(18-3)9-12(16-11)10-17(2)13-4-6-15-7-5-13;/h8-9,13,15H,4-7,10H2,1-3H3;1H. The molecule has 1 fully saturated rings. The van der Waals surface area contributed by atoms with Crippen LogP contribution in [0.2, 0.25) is 0 Å². The molecule has 1 aliphatic heterocycles. The van der Waals surface area contributed by atoms with Crippen molar-refractivity contribution < 1.29 is 4.74 Å². The van der Waals surface area contributed by atoms with E-state index in [1.165, 1.54) is 12.8 Å². The maximum Gasteiger partial charge on any atom is 0.122 e. The molecule has 1 N–H and O–H groups in total. The van der Waals surface area contributed by atoms with E-state index >= 15 is 0 Å². The molecular weight excluding hydrogens is 262 g/mol. The molecule has 0 aromatic carbocycles. The molecule has 1 aromatic heterocycles. The van der Waals surface area contributed by atoms with E-state index in [1.807, 2.05) is 19.1 Å². The van der Waals surface area contributed by atoms with Gasteiger partial charge in [0.05, 0.1) is 12.8 Å². The van der Waals surface area contributed by atoms with Gasteiger partial charge in [-0.15, -0.1) is 12.4 Å². The fourth-order valence-corrected chi connectivity index (χ4v) is 2.53. The van der Waals surface area contributed by atoms with Crippen molar-refractivity contribution in [2.45, 2.75) is 32.4 Å². The SMILES string of the molecule is COc1cc(C)nc(CN(C)C2CCNCC2)c1.Cl. The van der Waals surface area contributed by atoms with Crippen LogP contribution in [0.25, 0.3) is 0 Å². The lowest BCUT2D eigenvalue weighted by Crippen LogP contribution is -2.40. The van der Waals surface area contributed by atoms with Gasteiger partial charge in [-0.1, -0.05) is 0 Å². The second-order valence-corrected chi connectivity index (χ2v) is 5.04. The van der Waals surface area contributed by atoms with E-state index < -0.39 is 0 Å². The van der Waals surface area contributed by atoms with Crippen LogP contribution in [0, 0.1) is 6.92 Å². The predicted octanol–water partition coefficient (Wildman–Crippen LogP) is 2.00. The number of piperidine rings is 1. The van der Waals surface area contributed by atoms with Gasteiger partial charge in [-0.05, 0) is 39.9 Å². The lowest BCUT2D eigenvalue weighted by molar-refractivity contribution is 0.189. The molecule has 1 saturated heterocycles. The number of aromatic nitrogens is 1. The Kier molecular flexibility index (Phi) is 6.55. The summed E-state index contributed by atoms with van der Waals surface area (Å²) in [4.78, 5) is 6.98. The molecule has 1 aliphatic rings. The Hall–Kier alpha value is -0.840. The van der Waals surface area contributed by atoms with Crippen LogP contribution in [-0.2, 0) is 6.54 Å². The Bertz CT molecular complexity index is 394. The molecule has 0 bridgehead atoms. The number of aryl methyl sites for hydroxylation is 1. The normalized spacial score (nSPS) is 16.2. The van der Waals surface area contributed by atoms with Crippen molar-refractivity contribution in [3.05, 3.63) is 23.5 Å². The largest absolute Gasteiger partial charge is 0.497 e. The van der Waals surface area contributed by atoms with Crippen molar-refractivity contribution in [1.29, 1.82) is 0 Å². The van der Waals surface area contributed by atoms with Crippen LogP contribution in [0.15, 0.2) is 12.1 Å². The number of rotatable bonds is 4. The third-order valence-corrected chi connectivity index (χ3v) is 3.56. The highest BCUT2D eigenvalue weighted by atomic mass is 35.5. The molecule has 0 atom stereocenters. The van der Waals surface area contributed by atoms with E-state index in [-0.39, 0.29) is 12.4 Å². The fraction of sp³-hybridized carbons (Fsp3) is 0.643. The van der Waals surface area contributed by atoms with Crippen LogP contribution >= 0.6 is 12.4 Å². The predicted molar refractivity (Wildman–Crippen MR) is 80.1 cm³/mol. The molecule has 0 aliphatic carbocycles. The van der Waals surface area contributed by atoms with Crippen molar-refractivity contribution in [1.82, 2.24) is 15.2 Å². The first kappa shape index (κ1) is 16.2. The van der Waals surface area contributed by atoms with Gasteiger partial charge in [-0.25, -0.2) is 0 Å². The highest BCUT2D eigenvalue weighted by molar-refractivity contribution is 5.85. The Balaban J connectivity index is 0.00000180.